The average molecular weight is 366 g/mol. The van der Waals surface area contributed by atoms with Crippen LogP contribution >= 0.6 is 0 Å². The maximum absolute atomic E-state index is 12.5. The zero-order chi connectivity index (χ0) is 19.8. The van der Waals surface area contributed by atoms with E-state index in [9.17, 15) is 4.79 Å². The van der Waals surface area contributed by atoms with Gasteiger partial charge in [-0.1, -0.05) is 31.2 Å². The molecule has 2 aromatic carbocycles. The molecule has 0 heterocycles. The van der Waals surface area contributed by atoms with Crippen LogP contribution in [0.5, 0.6) is 11.5 Å². The Hall–Kier alpha value is -3.00. The van der Waals surface area contributed by atoms with Crippen molar-refractivity contribution in [2.75, 3.05) is 13.7 Å². The minimum Gasteiger partial charge on any atom is -0.493 e. The van der Waals surface area contributed by atoms with Gasteiger partial charge in [0.2, 0.25) is 5.91 Å². The van der Waals surface area contributed by atoms with Crippen molar-refractivity contribution < 1.29 is 14.3 Å². The Morgan fingerprint density at radius 2 is 1.93 bits per heavy atom. The molecule has 0 saturated carbocycles. The van der Waals surface area contributed by atoms with Crippen molar-refractivity contribution in [2.24, 2.45) is 0 Å². The Morgan fingerprint density at radius 1 is 1.15 bits per heavy atom. The second-order valence-corrected chi connectivity index (χ2v) is 6.48. The number of nitrogens with one attached hydrogen (secondary N) is 1. The fraction of sp³-hybridized carbons (Fsp3) is 0.364. The number of nitrogens with zero attached hydrogens (tertiary/aromatic N) is 1. The van der Waals surface area contributed by atoms with Gasteiger partial charge < -0.3 is 14.8 Å². The summed E-state index contributed by atoms with van der Waals surface area (Å²) in [6, 6.07) is 13.5. The summed E-state index contributed by atoms with van der Waals surface area (Å²) in [6.07, 6.45) is 1.06. The van der Waals surface area contributed by atoms with Gasteiger partial charge in [0.15, 0.2) is 18.1 Å². The van der Waals surface area contributed by atoms with E-state index < -0.39 is 0 Å². The monoisotopic (exact) mass is 366 g/mol. The van der Waals surface area contributed by atoms with E-state index >= 15 is 0 Å². The number of aryl methyl sites for hydroxylation is 2. The number of hydrogen-bond donors (Lipinski definition) is 1. The zero-order valence-electron chi connectivity index (χ0n) is 16.3. The smallest absolute Gasteiger partial charge is 0.224 e. The molecule has 5 nitrogen and oxygen atoms in total. The molecular weight excluding hydrogens is 340 g/mol. The van der Waals surface area contributed by atoms with Crippen molar-refractivity contribution in [3.05, 3.63) is 58.7 Å². The molecule has 2 aromatic rings. The molecule has 0 bridgehead atoms. The first kappa shape index (κ1) is 20.3. The Labute approximate surface area is 160 Å². The Morgan fingerprint density at radius 3 is 2.56 bits per heavy atom. The van der Waals surface area contributed by atoms with E-state index in [1.165, 1.54) is 18.2 Å². The van der Waals surface area contributed by atoms with Gasteiger partial charge in [0.25, 0.3) is 0 Å². The van der Waals surface area contributed by atoms with Gasteiger partial charge in [0, 0.05) is 0 Å². The van der Waals surface area contributed by atoms with Crippen LogP contribution in [0.25, 0.3) is 0 Å². The zero-order valence-corrected chi connectivity index (χ0v) is 16.3. The number of rotatable bonds is 8. The molecular formula is C22H26N2O3. The third-order valence-electron chi connectivity index (χ3n) is 4.56. The number of benzene rings is 2. The Kier molecular flexibility index (Phi) is 7.25. The summed E-state index contributed by atoms with van der Waals surface area (Å²) in [6.45, 7) is 6.17. The molecule has 1 atom stereocenters. The van der Waals surface area contributed by atoms with E-state index in [4.69, 9.17) is 14.7 Å². The quantitative estimate of drug-likeness (QED) is 0.766. The molecule has 0 radical (unpaired) electrons. The molecule has 0 fully saturated rings. The number of carbonyl (C=O) groups excluding carboxylic acids is 1. The highest BCUT2D eigenvalue weighted by Crippen LogP contribution is 2.28. The maximum atomic E-state index is 12.5. The van der Waals surface area contributed by atoms with E-state index in [0.29, 0.717) is 11.5 Å². The normalized spacial score (nSPS) is 11.4. The lowest BCUT2D eigenvalue weighted by Gasteiger charge is -2.19. The lowest BCUT2D eigenvalue weighted by atomic mass is 9.99. The van der Waals surface area contributed by atoms with Crippen LogP contribution in [0.1, 0.15) is 41.6 Å². The predicted molar refractivity (Wildman–Crippen MR) is 105 cm³/mol. The molecule has 0 saturated heterocycles. The van der Waals surface area contributed by atoms with Crippen LogP contribution in [0.3, 0.4) is 0 Å². The van der Waals surface area contributed by atoms with Gasteiger partial charge in [-0.15, -0.1) is 0 Å². The van der Waals surface area contributed by atoms with Crippen molar-refractivity contribution >= 4 is 5.91 Å². The van der Waals surface area contributed by atoms with Crippen molar-refractivity contribution in [1.29, 1.82) is 5.26 Å². The molecule has 0 aliphatic heterocycles. The molecule has 0 aliphatic carbocycles. The molecule has 1 unspecified atom stereocenters. The van der Waals surface area contributed by atoms with Crippen molar-refractivity contribution in [2.45, 2.75) is 39.7 Å². The SMILES string of the molecule is CCC(NC(=O)Cc1ccc(OCC#N)c(OC)c1)c1ccc(C)c(C)c1. The average Bonchev–Trinajstić information content (AvgIpc) is 2.67. The van der Waals surface area contributed by atoms with Crippen LogP contribution in [-0.4, -0.2) is 19.6 Å². The molecule has 5 heteroatoms. The summed E-state index contributed by atoms with van der Waals surface area (Å²) in [5, 5.41) is 11.7. The third kappa shape index (κ3) is 5.49. The van der Waals surface area contributed by atoms with Gasteiger partial charge in [-0.25, -0.2) is 0 Å². The first-order valence-corrected chi connectivity index (χ1v) is 9.01. The van der Waals surface area contributed by atoms with Crippen molar-refractivity contribution in [3.63, 3.8) is 0 Å². The molecule has 1 amide bonds. The highest BCUT2D eigenvalue weighted by atomic mass is 16.5. The summed E-state index contributed by atoms with van der Waals surface area (Å²) in [5.74, 6) is 0.953. The van der Waals surface area contributed by atoms with Crippen molar-refractivity contribution in [1.82, 2.24) is 5.32 Å². The van der Waals surface area contributed by atoms with Crippen LogP contribution < -0.4 is 14.8 Å². The molecule has 0 aromatic heterocycles. The fourth-order valence-electron chi connectivity index (χ4n) is 2.88. The fourth-order valence-corrected chi connectivity index (χ4v) is 2.88. The largest absolute Gasteiger partial charge is 0.493 e. The first-order valence-electron chi connectivity index (χ1n) is 9.01. The minimum atomic E-state index is -0.0513. The number of methoxy groups -OCH3 is 1. The number of carbonyl (C=O) groups is 1. The van der Waals surface area contributed by atoms with Gasteiger partial charge in [-0.3, -0.25) is 4.79 Å². The van der Waals surface area contributed by atoms with Gasteiger partial charge in [-0.2, -0.15) is 5.26 Å². The van der Waals surface area contributed by atoms with Crippen LogP contribution in [0.4, 0.5) is 0 Å². The Balaban J connectivity index is 2.07. The van der Waals surface area contributed by atoms with E-state index in [0.717, 1.165) is 17.5 Å². The lowest BCUT2D eigenvalue weighted by Crippen LogP contribution is -2.29. The molecule has 142 valence electrons. The number of ether oxygens (including phenoxy) is 2. The number of nitriles is 1. The highest BCUT2D eigenvalue weighted by molar-refractivity contribution is 5.79. The van der Waals surface area contributed by atoms with Gasteiger partial charge >= 0.3 is 0 Å². The van der Waals surface area contributed by atoms with Crippen LogP contribution in [-0.2, 0) is 11.2 Å². The Bertz CT molecular complexity index is 840. The second kappa shape index (κ2) is 9.63. The third-order valence-corrected chi connectivity index (χ3v) is 4.56. The van der Waals surface area contributed by atoms with Gasteiger partial charge in [0.1, 0.15) is 6.07 Å². The molecule has 27 heavy (non-hydrogen) atoms. The van der Waals surface area contributed by atoms with Crippen LogP contribution in [0.15, 0.2) is 36.4 Å². The summed E-state index contributed by atoms with van der Waals surface area (Å²) in [5.41, 5.74) is 4.40. The van der Waals surface area contributed by atoms with Crippen molar-refractivity contribution in [3.8, 4) is 17.6 Å². The molecule has 0 aliphatic rings. The lowest BCUT2D eigenvalue weighted by molar-refractivity contribution is -0.121. The summed E-state index contributed by atoms with van der Waals surface area (Å²) in [7, 11) is 1.53. The van der Waals surface area contributed by atoms with E-state index in [1.54, 1.807) is 12.1 Å². The summed E-state index contributed by atoms with van der Waals surface area (Å²) in [4.78, 5) is 12.5. The van der Waals surface area contributed by atoms with E-state index in [-0.39, 0.29) is 25.0 Å². The highest BCUT2D eigenvalue weighted by Gasteiger charge is 2.15. The van der Waals surface area contributed by atoms with Gasteiger partial charge in [-0.05, 0) is 54.7 Å². The minimum absolute atomic E-state index is 0.0167. The van der Waals surface area contributed by atoms with Crippen LogP contribution in [0.2, 0.25) is 0 Å². The number of amides is 1. The topological polar surface area (TPSA) is 71.3 Å². The summed E-state index contributed by atoms with van der Waals surface area (Å²) >= 11 is 0. The first-order chi connectivity index (χ1) is 13.0. The molecule has 2 rings (SSSR count). The number of hydrogen-bond acceptors (Lipinski definition) is 4. The van der Waals surface area contributed by atoms with E-state index in [1.807, 2.05) is 12.1 Å². The standard InChI is InChI=1S/C22H26N2O3/c1-5-19(18-8-6-15(2)16(3)12-18)24-22(25)14-17-7-9-20(27-11-10-23)21(13-17)26-4/h6-9,12-13,19H,5,11,14H2,1-4H3,(H,24,25). The molecule has 0 spiro atoms. The summed E-state index contributed by atoms with van der Waals surface area (Å²) < 4.78 is 10.6. The van der Waals surface area contributed by atoms with Gasteiger partial charge in [0.05, 0.1) is 19.6 Å². The predicted octanol–water partition coefficient (Wildman–Crippen LogP) is 4.02. The second-order valence-electron chi connectivity index (χ2n) is 6.48. The van der Waals surface area contributed by atoms with Crippen LogP contribution in [0, 0.1) is 25.2 Å². The van der Waals surface area contributed by atoms with E-state index in [2.05, 4.69) is 44.3 Å². The molecule has 1 N–H and O–H groups in total. The maximum Gasteiger partial charge on any atom is 0.224 e.